The van der Waals surface area contributed by atoms with Crippen LogP contribution in [0, 0.1) is 0 Å². The highest BCUT2D eigenvalue weighted by Gasteiger charge is 2.35. The summed E-state index contributed by atoms with van der Waals surface area (Å²) in [6.07, 6.45) is -2.58. The number of hydrogen-bond acceptors (Lipinski definition) is 3. The Hall–Kier alpha value is -2.08. The van der Waals surface area contributed by atoms with Crippen LogP contribution in [-0.2, 0) is 12.6 Å². The van der Waals surface area contributed by atoms with Crippen molar-refractivity contribution in [1.29, 1.82) is 0 Å². The third kappa shape index (κ3) is 4.51. The highest BCUT2D eigenvalue weighted by atomic mass is 32.2. The molecule has 0 bridgehead atoms. The van der Waals surface area contributed by atoms with E-state index in [1.165, 1.54) is 17.7 Å². The summed E-state index contributed by atoms with van der Waals surface area (Å²) in [4.78, 5) is 0. The van der Waals surface area contributed by atoms with Gasteiger partial charge in [-0.3, -0.25) is 0 Å². The van der Waals surface area contributed by atoms with Gasteiger partial charge in [0.1, 0.15) is 5.50 Å². The van der Waals surface area contributed by atoms with E-state index in [9.17, 15) is 13.2 Å². The van der Waals surface area contributed by atoms with Crippen LogP contribution in [-0.4, -0.2) is 10.7 Å². The van der Waals surface area contributed by atoms with Crippen molar-refractivity contribution in [3.05, 3.63) is 78.0 Å². The van der Waals surface area contributed by atoms with Gasteiger partial charge in [0.05, 0.1) is 5.56 Å². The molecule has 0 radical (unpaired) electrons. The van der Waals surface area contributed by atoms with Crippen LogP contribution in [0.3, 0.4) is 0 Å². The van der Waals surface area contributed by atoms with Gasteiger partial charge in [-0.25, -0.2) is 0 Å². The fourth-order valence-electron chi connectivity index (χ4n) is 2.79. The van der Waals surface area contributed by atoms with Crippen molar-refractivity contribution < 1.29 is 13.2 Å². The molecule has 25 heavy (non-hydrogen) atoms. The van der Waals surface area contributed by atoms with E-state index >= 15 is 0 Å². The molecule has 3 rings (SSSR count). The predicted octanol–water partition coefficient (Wildman–Crippen LogP) is 5.25. The number of nitrogens with one attached hydrogen (secondary N) is 2. The van der Waals surface area contributed by atoms with Crippen LogP contribution in [0.2, 0.25) is 0 Å². The molecule has 2 aromatic carbocycles. The van der Waals surface area contributed by atoms with Gasteiger partial charge in [0, 0.05) is 16.6 Å². The third-order valence-corrected chi connectivity index (χ3v) is 5.42. The fraction of sp³-hybridized carbons (Fsp3) is 0.263. The van der Waals surface area contributed by atoms with Crippen molar-refractivity contribution in [2.45, 2.75) is 29.8 Å². The van der Waals surface area contributed by atoms with E-state index < -0.39 is 11.7 Å². The maximum Gasteiger partial charge on any atom is 0.418 e. The first-order valence-electron chi connectivity index (χ1n) is 8.01. The zero-order chi connectivity index (χ0) is 17.9. The Morgan fingerprint density at radius 3 is 2.44 bits per heavy atom. The fourth-order valence-corrected chi connectivity index (χ4v) is 4.02. The minimum atomic E-state index is -4.38. The van der Waals surface area contributed by atoms with Crippen LogP contribution in [0.1, 0.15) is 17.5 Å². The summed E-state index contributed by atoms with van der Waals surface area (Å²) < 4.78 is 39.3. The number of rotatable bonds is 5. The van der Waals surface area contributed by atoms with Gasteiger partial charge in [0.2, 0.25) is 0 Å². The molecular formula is C19H19F3N2S. The predicted molar refractivity (Wildman–Crippen MR) is 97.3 cm³/mol. The molecule has 0 aromatic heterocycles. The molecule has 1 heterocycles. The maximum atomic E-state index is 13.1. The number of halogens is 3. The monoisotopic (exact) mass is 364 g/mol. The molecule has 1 saturated heterocycles. The standard InChI is InChI=1S/C19H19F3N2S/c1-13-17(12-11-14-7-3-2-4-8-14)25-18(23-13)24-16-10-6-5-9-15(16)19(20,21)22/h2-10,17-18,23-24H,1,11-12H2. The van der Waals surface area contributed by atoms with E-state index in [1.807, 2.05) is 18.2 Å². The average Bonchev–Trinajstić information content (AvgIpc) is 2.93. The Labute approximate surface area is 149 Å². The minimum absolute atomic E-state index is 0.0801. The zero-order valence-electron chi connectivity index (χ0n) is 13.5. The molecule has 0 aliphatic carbocycles. The second-order valence-electron chi connectivity index (χ2n) is 5.89. The van der Waals surface area contributed by atoms with Crippen LogP contribution < -0.4 is 10.6 Å². The lowest BCUT2D eigenvalue weighted by Crippen LogP contribution is -2.27. The number of anilines is 1. The molecular weight excluding hydrogens is 345 g/mol. The molecule has 6 heteroatoms. The van der Waals surface area contributed by atoms with Crippen molar-refractivity contribution >= 4 is 17.4 Å². The average molecular weight is 364 g/mol. The van der Waals surface area contributed by atoms with Gasteiger partial charge in [-0.2, -0.15) is 13.2 Å². The van der Waals surface area contributed by atoms with Gasteiger partial charge in [0.25, 0.3) is 0 Å². The van der Waals surface area contributed by atoms with E-state index in [2.05, 4.69) is 29.3 Å². The molecule has 2 atom stereocenters. The Balaban J connectivity index is 1.62. The summed E-state index contributed by atoms with van der Waals surface area (Å²) in [6.45, 7) is 4.02. The molecule has 0 spiro atoms. The molecule has 1 fully saturated rings. The summed E-state index contributed by atoms with van der Waals surface area (Å²) in [5, 5.41) is 6.27. The Kier molecular flexibility index (Phi) is 5.27. The van der Waals surface area contributed by atoms with Gasteiger partial charge in [-0.15, -0.1) is 11.8 Å². The molecule has 1 aliphatic heterocycles. The summed E-state index contributed by atoms with van der Waals surface area (Å²) in [6, 6.07) is 15.7. The quantitative estimate of drug-likeness (QED) is 0.757. The van der Waals surface area contributed by atoms with E-state index in [0.717, 1.165) is 24.6 Å². The second-order valence-corrected chi connectivity index (χ2v) is 7.20. The van der Waals surface area contributed by atoms with Crippen molar-refractivity contribution in [2.24, 2.45) is 0 Å². The van der Waals surface area contributed by atoms with Crippen LogP contribution in [0.5, 0.6) is 0 Å². The van der Waals surface area contributed by atoms with Gasteiger partial charge in [0.15, 0.2) is 0 Å². The van der Waals surface area contributed by atoms with E-state index in [1.54, 1.807) is 17.8 Å². The normalized spacial score (nSPS) is 20.4. The number of alkyl halides is 3. The van der Waals surface area contributed by atoms with E-state index in [0.29, 0.717) is 0 Å². The highest BCUT2D eigenvalue weighted by Crippen LogP contribution is 2.38. The number of aryl methyl sites for hydroxylation is 1. The lowest BCUT2D eigenvalue weighted by molar-refractivity contribution is -0.136. The number of thioether (sulfide) groups is 1. The van der Waals surface area contributed by atoms with Gasteiger partial charge < -0.3 is 10.6 Å². The number of para-hydroxylation sites is 1. The minimum Gasteiger partial charge on any atom is -0.360 e. The molecule has 2 unspecified atom stereocenters. The first-order valence-corrected chi connectivity index (χ1v) is 8.95. The summed E-state index contributed by atoms with van der Waals surface area (Å²) in [5.41, 5.74) is 1.20. The van der Waals surface area contributed by atoms with Crippen LogP contribution in [0.15, 0.2) is 66.9 Å². The molecule has 2 nitrogen and oxygen atoms in total. The summed E-state index contributed by atoms with van der Waals surface area (Å²) >= 11 is 1.56. The molecule has 132 valence electrons. The summed E-state index contributed by atoms with van der Waals surface area (Å²) in [5.74, 6) is 0. The van der Waals surface area contributed by atoms with E-state index in [-0.39, 0.29) is 16.4 Å². The topological polar surface area (TPSA) is 24.1 Å². The summed E-state index contributed by atoms with van der Waals surface area (Å²) in [7, 11) is 0. The SMILES string of the molecule is C=C1NC(Nc2ccccc2C(F)(F)F)SC1CCc1ccccc1. The highest BCUT2D eigenvalue weighted by molar-refractivity contribution is 8.01. The van der Waals surface area contributed by atoms with Crippen molar-refractivity contribution in [3.8, 4) is 0 Å². The van der Waals surface area contributed by atoms with Gasteiger partial charge in [-0.05, 0) is 30.5 Å². The Morgan fingerprint density at radius 1 is 1.04 bits per heavy atom. The number of benzene rings is 2. The molecule has 0 amide bonds. The lowest BCUT2D eigenvalue weighted by atomic mass is 10.1. The van der Waals surface area contributed by atoms with Crippen molar-refractivity contribution in [2.75, 3.05) is 5.32 Å². The molecule has 2 aromatic rings. The maximum absolute atomic E-state index is 13.1. The molecule has 0 saturated carbocycles. The zero-order valence-corrected chi connectivity index (χ0v) is 14.3. The van der Waals surface area contributed by atoms with Crippen LogP contribution >= 0.6 is 11.8 Å². The Bertz CT molecular complexity index is 731. The van der Waals surface area contributed by atoms with E-state index in [4.69, 9.17) is 0 Å². The second kappa shape index (κ2) is 7.44. The van der Waals surface area contributed by atoms with Crippen molar-refractivity contribution in [1.82, 2.24) is 5.32 Å². The molecule has 1 aliphatic rings. The largest absolute Gasteiger partial charge is 0.418 e. The number of hydrogen-bond donors (Lipinski definition) is 2. The lowest BCUT2D eigenvalue weighted by Gasteiger charge is -2.18. The third-order valence-electron chi connectivity index (χ3n) is 4.06. The van der Waals surface area contributed by atoms with Crippen LogP contribution in [0.4, 0.5) is 18.9 Å². The first-order chi connectivity index (χ1) is 11.9. The Morgan fingerprint density at radius 2 is 1.72 bits per heavy atom. The van der Waals surface area contributed by atoms with Crippen molar-refractivity contribution in [3.63, 3.8) is 0 Å². The van der Waals surface area contributed by atoms with Crippen LogP contribution in [0.25, 0.3) is 0 Å². The van der Waals surface area contributed by atoms with Gasteiger partial charge in [-0.1, -0.05) is 49.0 Å². The first kappa shape index (κ1) is 17.7. The smallest absolute Gasteiger partial charge is 0.360 e. The van der Waals surface area contributed by atoms with Gasteiger partial charge >= 0.3 is 6.18 Å². The molecule has 2 N–H and O–H groups in total.